The number of hydrogen-bond donors (Lipinski definition) is 1. The molecule has 2 rings (SSSR count). The van der Waals surface area contributed by atoms with Gasteiger partial charge in [0, 0.05) is 26.0 Å². The molecule has 6 heteroatoms. The van der Waals surface area contributed by atoms with Gasteiger partial charge >= 0.3 is 0 Å². The average molecular weight is 350 g/mol. The number of aromatic nitrogens is 1. The predicted molar refractivity (Wildman–Crippen MR) is 99.1 cm³/mol. The molecule has 0 saturated carbocycles. The Morgan fingerprint density at radius 2 is 1.85 bits per heavy atom. The molecule has 26 heavy (non-hydrogen) atoms. The van der Waals surface area contributed by atoms with Gasteiger partial charge < -0.3 is 10.2 Å². The molecule has 0 aliphatic heterocycles. The maximum absolute atomic E-state index is 12.8. The van der Waals surface area contributed by atoms with Gasteiger partial charge in [0.1, 0.15) is 11.5 Å². The van der Waals surface area contributed by atoms with Gasteiger partial charge in [-0.3, -0.25) is 14.6 Å². The van der Waals surface area contributed by atoms with Crippen LogP contribution >= 0.6 is 0 Å². The SMILES string of the molecule is CN(CCc1ccncc1)C(=O)C(C)(C)C(=O)Nc1ccccc1C#N. The van der Waals surface area contributed by atoms with Gasteiger partial charge in [-0.1, -0.05) is 12.1 Å². The molecule has 6 nitrogen and oxygen atoms in total. The number of rotatable bonds is 6. The van der Waals surface area contributed by atoms with Crippen molar-refractivity contribution in [2.45, 2.75) is 20.3 Å². The van der Waals surface area contributed by atoms with Gasteiger partial charge in [-0.15, -0.1) is 0 Å². The molecule has 1 N–H and O–H groups in total. The number of nitriles is 1. The van der Waals surface area contributed by atoms with Gasteiger partial charge in [-0.25, -0.2) is 0 Å². The van der Waals surface area contributed by atoms with Crippen LogP contribution in [0.4, 0.5) is 5.69 Å². The molecule has 2 aromatic rings. The van der Waals surface area contributed by atoms with Gasteiger partial charge in [0.05, 0.1) is 11.3 Å². The maximum Gasteiger partial charge on any atom is 0.239 e. The third-order valence-electron chi connectivity index (χ3n) is 4.23. The van der Waals surface area contributed by atoms with Crippen molar-refractivity contribution in [2.24, 2.45) is 5.41 Å². The number of nitrogens with one attached hydrogen (secondary N) is 1. The fraction of sp³-hybridized carbons (Fsp3) is 0.300. The Morgan fingerprint density at radius 1 is 1.19 bits per heavy atom. The van der Waals surface area contributed by atoms with E-state index >= 15 is 0 Å². The summed E-state index contributed by atoms with van der Waals surface area (Å²) in [5, 5.41) is 11.8. The quantitative estimate of drug-likeness (QED) is 0.812. The molecular weight excluding hydrogens is 328 g/mol. The topological polar surface area (TPSA) is 86.1 Å². The van der Waals surface area contributed by atoms with E-state index in [0.29, 0.717) is 24.2 Å². The zero-order chi connectivity index (χ0) is 19.2. The Bertz CT molecular complexity index is 825. The molecule has 0 fully saturated rings. The van der Waals surface area contributed by atoms with E-state index in [2.05, 4.69) is 10.3 Å². The lowest BCUT2D eigenvalue weighted by atomic mass is 9.90. The van der Waals surface area contributed by atoms with Gasteiger partial charge in [0.15, 0.2) is 0 Å². The summed E-state index contributed by atoms with van der Waals surface area (Å²) in [6.45, 7) is 3.67. The molecule has 0 aliphatic rings. The summed E-state index contributed by atoms with van der Waals surface area (Å²) in [6.07, 6.45) is 4.10. The minimum atomic E-state index is -1.25. The Kier molecular flexibility index (Phi) is 6.07. The number of carbonyl (C=O) groups excluding carboxylic acids is 2. The van der Waals surface area contributed by atoms with Crippen molar-refractivity contribution in [2.75, 3.05) is 18.9 Å². The van der Waals surface area contributed by atoms with Crippen molar-refractivity contribution in [1.29, 1.82) is 5.26 Å². The van der Waals surface area contributed by atoms with E-state index in [1.165, 1.54) is 0 Å². The molecule has 0 atom stereocenters. The molecule has 134 valence electrons. The number of anilines is 1. The molecule has 0 aliphatic carbocycles. The summed E-state index contributed by atoms with van der Waals surface area (Å²) in [4.78, 5) is 30.9. The summed E-state index contributed by atoms with van der Waals surface area (Å²) >= 11 is 0. The third kappa shape index (κ3) is 4.45. The Morgan fingerprint density at radius 3 is 2.50 bits per heavy atom. The van der Waals surface area contributed by atoms with Crippen LogP contribution in [0.2, 0.25) is 0 Å². The van der Waals surface area contributed by atoms with Crippen LogP contribution in [-0.2, 0) is 16.0 Å². The Balaban J connectivity index is 2.03. The van der Waals surface area contributed by atoms with Gasteiger partial charge in [0.25, 0.3) is 0 Å². The molecule has 0 unspecified atom stereocenters. The second-order valence-corrected chi connectivity index (χ2v) is 6.57. The van der Waals surface area contributed by atoms with Crippen molar-refractivity contribution < 1.29 is 9.59 Å². The third-order valence-corrected chi connectivity index (χ3v) is 4.23. The van der Waals surface area contributed by atoms with Crippen molar-refractivity contribution in [3.8, 4) is 6.07 Å². The zero-order valence-corrected chi connectivity index (χ0v) is 15.2. The first-order valence-corrected chi connectivity index (χ1v) is 8.31. The smallest absolute Gasteiger partial charge is 0.239 e. The summed E-state index contributed by atoms with van der Waals surface area (Å²) in [5.74, 6) is -0.723. The van der Waals surface area contributed by atoms with Crippen LogP contribution in [-0.4, -0.2) is 35.3 Å². The molecular formula is C20H22N4O2. The summed E-state index contributed by atoms with van der Waals surface area (Å²) in [6, 6.07) is 12.5. The molecule has 0 spiro atoms. The maximum atomic E-state index is 12.8. The minimum Gasteiger partial charge on any atom is -0.345 e. The highest BCUT2D eigenvalue weighted by Crippen LogP contribution is 2.23. The van der Waals surface area contributed by atoms with E-state index in [1.54, 1.807) is 62.5 Å². The number of amides is 2. The van der Waals surface area contributed by atoms with E-state index < -0.39 is 11.3 Å². The van der Waals surface area contributed by atoms with Crippen LogP contribution in [0.1, 0.15) is 25.0 Å². The van der Waals surface area contributed by atoms with E-state index in [4.69, 9.17) is 5.26 Å². The molecule has 0 bridgehead atoms. The first-order chi connectivity index (χ1) is 12.4. The molecule has 1 aromatic heterocycles. The predicted octanol–water partition coefficient (Wildman–Crippen LogP) is 2.62. The van der Waals surface area contributed by atoms with Crippen LogP contribution in [0.3, 0.4) is 0 Å². The zero-order valence-electron chi connectivity index (χ0n) is 15.2. The first kappa shape index (κ1) is 19.1. The number of pyridine rings is 1. The van der Waals surface area contributed by atoms with Crippen molar-refractivity contribution in [3.05, 3.63) is 59.9 Å². The Labute approximate surface area is 153 Å². The van der Waals surface area contributed by atoms with Crippen LogP contribution in [0.5, 0.6) is 0 Å². The van der Waals surface area contributed by atoms with Crippen molar-refractivity contribution in [1.82, 2.24) is 9.88 Å². The lowest BCUT2D eigenvalue weighted by molar-refractivity contribution is -0.145. The number of likely N-dealkylation sites (N-methyl/N-ethyl adjacent to an activating group) is 1. The average Bonchev–Trinajstić information content (AvgIpc) is 2.66. The number of hydrogen-bond acceptors (Lipinski definition) is 4. The normalized spacial score (nSPS) is 10.7. The fourth-order valence-electron chi connectivity index (χ4n) is 2.49. The van der Waals surface area contributed by atoms with Crippen molar-refractivity contribution >= 4 is 17.5 Å². The summed E-state index contributed by atoms with van der Waals surface area (Å²) in [7, 11) is 1.68. The lowest BCUT2D eigenvalue weighted by Gasteiger charge is -2.28. The molecule has 1 heterocycles. The highest BCUT2D eigenvalue weighted by Gasteiger charge is 2.38. The van der Waals surface area contributed by atoms with Gasteiger partial charge in [-0.05, 0) is 50.1 Å². The second-order valence-electron chi connectivity index (χ2n) is 6.57. The standard InChI is InChI=1S/C20H22N4O2/c1-20(2,18(25)23-17-7-5-4-6-16(17)14-21)19(26)24(3)13-10-15-8-11-22-12-9-15/h4-9,11-12H,10,13H2,1-3H3,(H,23,25). The van der Waals surface area contributed by atoms with E-state index in [0.717, 1.165) is 5.56 Å². The highest BCUT2D eigenvalue weighted by molar-refractivity contribution is 6.10. The van der Waals surface area contributed by atoms with Gasteiger partial charge in [0.2, 0.25) is 11.8 Å². The number of carbonyl (C=O) groups is 2. The lowest BCUT2D eigenvalue weighted by Crippen LogP contribution is -2.46. The number of para-hydroxylation sites is 1. The van der Waals surface area contributed by atoms with Crippen molar-refractivity contribution in [3.63, 3.8) is 0 Å². The fourth-order valence-corrected chi connectivity index (χ4v) is 2.49. The first-order valence-electron chi connectivity index (χ1n) is 8.31. The van der Waals surface area contributed by atoms with E-state index in [-0.39, 0.29) is 5.91 Å². The van der Waals surface area contributed by atoms with Crippen LogP contribution in [0, 0.1) is 16.7 Å². The molecule has 2 amide bonds. The van der Waals surface area contributed by atoms with Crippen LogP contribution < -0.4 is 5.32 Å². The number of benzene rings is 1. The number of nitrogens with zero attached hydrogens (tertiary/aromatic N) is 3. The van der Waals surface area contributed by atoms with Gasteiger partial charge in [-0.2, -0.15) is 5.26 Å². The van der Waals surface area contributed by atoms with Crippen LogP contribution in [0.25, 0.3) is 0 Å². The Hall–Kier alpha value is -3.20. The monoisotopic (exact) mass is 350 g/mol. The van der Waals surface area contributed by atoms with E-state index in [9.17, 15) is 9.59 Å². The summed E-state index contributed by atoms with van der Waals surface area (Å²) in [5.41, 5.74) is 0.579. The second kappa shape index (κ2) is 8.26. The molecule has 0 saturated heterocycles. The molecule has 1 aromatic carbocycles. The van der Waals surface area contributed by atoms with Crippen LogP contribution in [0.15, 0.2) is 48.8 Å². The summed E-state index contributed by atoms with van der Waals surface area (Å²) < 4.78 is 0. The highest BCUT2D eigenvalue weighted by atomic mass is 16.2. The molecule has 0 radical (unpaired) electrons. The minimum absolute atomic E-state index is 0.279. The van der Waals surface area contributed by atoms with E-state index in [1.807, 2.05) is 18.2 Å². The largest absolute Gasteiger partial charge is 0.345 e.